The van der Waals surface area contributed by atoms with Gasteiger partial charge in [0, 0.05) is 22.5 Å². The summed E-state index contributed by atoms with van der Waals surface area (Å²) in [6.07, 6.45) is 2.10. The molecule has 0 saturated heterocycles. The number of hydrogen-bond acceptors (Lipinski definition) is 3. The lowest BCUT2D eigenvalue weighted by atomic mass is 10.0. The van der Waals surface area contributed by atoms with Crippen LogP contribution in [0.2, 0.25) is 0 Å². The van der Waals surface area contributed by atoms with Crippen LogP contribution in [0.15, 0.2) is 53.4 Å². The quantitative estimate of drug-likeness (QED) is 0.772. The molecule has 0 fully saturated rings. The summed E-state index contributed by atoms with van der Waals surface area (Å²) < 4.78 is 5.44. The molecule has 0 aromatic heterocycles. The van der Waals surface area contributed by atoms with Crippen molar-refractivity contribution in [3.63, 3.8) is 0 Å². The fourth-order valence-corrected chi connectivity index (χ4v) is 2.89. The molecule has 0 radical (unpaired) electrons. The Balaban J connectivity index is 2.08. The third-order valence-electron chi connectivity index (χ3n) is 3.72. The summed E-state index contributed by atoms with van der Waals surface area (Å²) in [4.78, 5) is 1.30. The molecule has 0 bridgehead atoms. The number of rotatable bonds is 6. The van der Waals surface area contributed by atoms with Gasteiger partial charge in [0.2, 0.25) is 0 Å². The third-order valence-corrected chi connectivity index (χ3v) is 4.46. The molecule has 1 N–H and O–H groups in total. The number of ether oxygens (including phenoxy) is 1. The van der Waals surface area contributed by atoms with Gasteiger partial charge in [-0.15, -0.1) is 11.8 Å². The highest BCUT2D eigenvalue weighted by molar-refractivity contribution is 7.98. The number of benzene rings is 2. The summed E-state index contributed by atoms with van der Waals surface area (Å²) in [6, 6.07) is 17.4. The molecular formula is C18H23NOS. The number of para-hydroxylation sites is 1. The van der Waals surface area contributed by atoms with Crippen LogP contribution in [0.5, 0.6) is 5.75 Å². The van der Waals surface area contributed by atoms with Crippen molar-refractivity contribution in [2.45, 2.75) is 30.8 Å². The van der Waals surface area contributed by atoms with Crippen molar-refractivity contribution in [2.24, 2.45) is 0 Å². The normalized spacial score (nSPS) is 13.7. The van der Waals surface area contributed by atoms with Crippen molar-refractivity contribution in [1.29, 1.82) is 0 Å². The Labute approximate surface area is 131 Å². The maximum atomic E-state index is 5.44. The molecule has 2 atom stereocenters. The van der Waals surface area contributed by atoms with Crippen molar-refractivity contribution >= 4 is 11.8 Å². The molecule has 0 amide bonds. The summed E-state index contributed by atoms with van der Waals surface area (Å²) in [6.45, 7) is 4.37. The van der Waals surface area contributed by atoms with Crippen LogP contribution in [0.1, 0.15) is 37.1 Å². The SMILES string of the molecule is COc1ccccc1[C@H](C)NC(C)c1ccc(SC)cc1. The Kier molecular flexibility index (Phi) is 5.71. The van der Waals surface area contributed by atoms with E-state index in [9.17, 15) is 0 Å². The zero-order chi connectivity index (χ0) is 15.2. The number of nitrogens with one attached hydrogen (secondary N) is 1. The molecule has 0 aliphatic heterocycles. The maximum Gasteiger partial charge on any atom is 0.123 e. The van der Waals surface area contributed by atoms with E-state index in [0.717, 1.165) is 5.75 Å². The highest BCUT2D eigenvalue weighted by atomic mass is 32.2. The van der Waals surface area contributed by atoms with Gasteiger partial charge in [-0.25, -0.2) is 0 Å². The van der Waals surface area contributed by atoms with Gasteiger partial charge in [0.05, 0.1) is 7.11 Å². The van der Waals surface area contributed by atoms with Gasteiger partial charge < -0.3 is 10.1 Å². The lowest BCUT2D eigenvalue weighted by Gasteiger charge is -2.22. The second-order valence-electron chi connectivity index (χ2n) is 5.13. The summed E-state index contributed by atoms with van der Waals surface area (Å²) in [5.74, 6) is 0.933. The van der Waals surface area contributed by atoms with Gasteiger partial charge in [-0.2, -0.15) is 0 Å². The van der Waals surface area contributed by atoms with Crippen LogP contribution < -0.4 is 10.1 Å². The Morgan fingerprint density at radius 2 is 1.62 bits per heavy atom. The number of methoxy groups -OCH3 is 1. The summed E-state index contributed by atoms with van der Waals surface area (Å²) in [5.41, 5.74) is 2.49. The Morgan fingerprint density at radius 1 is 0.952 bits per heavy atom. The first-order valence-corrected chi connectivity index (χ1v) is 8.41. The monoisotopic (exact) mass is 301 g/mol. The third kappa shape index (κ3) is 4.02. The Bertz CT molecular complexity index is 568. The molecule has 2 aromatic carbocycles. The van der Waals surface area contributed by atoms with E-state index in [0.29, 0.717) is 6.04 Å². The highest BCUT2D eigenvalue weighted by Crippen LogP contribution is 2.27. The van der Waals surface area contributed by atoms with Crippen molar-refractivity contribution < 1.29 is 4.74 Å². The van der Waals surface area contributed by atoms with Crippen LogP contribution in [-0.4, -0.2) is 13.4 Å². The second-order valence-corrected chi connectivity index (χ2v) is 6.00. The molecule has 2 rings (SSSR count). The van der Waals surface area contributed by atoms with Gasteiger partial charge in [0.1, 0.15) is 5.75 Å². The average molecular weight is 301 g/mol. The highest BCUT2D eigenvalue weighted by Gasteiger charge is 2.14. The van der Waals surface area contributed by atoms with Crippen LogP contribution in [-0.2, 0) is 0 Å². The van der Waals surface area contributed by atoms with E-state index >= 15 is 0 Å². The van der Waals surface area contributed by atoms with Gasteiger partial charge in [-0.1, -0.05) is 30.3 Å². The molecule has 1 unspecified atom stereocenters. The van der Waals surface area contributed by atoms with E-state index in [-0.39, 0.29) is 6.04 Å². The van der Waals surface area contributed by atoms with Crippen LogP contribution in [0.4, 0.5) is 0 Å². The molecule has 0 aliphatic carbocycles. The number of hydrogen-bond donors (Lipinski definition) is 1. The molecule has 0 heterocycles. The van der Waals surface area contributed by atoms with Crippen LogP contribution in [0, 0.1) is 0 Å². The minimum absolute atomic E-state index is 0.233. The van der Waals surface area contributed by atoms with Crippen LogP contribution in [0.25, 0.3) is 0 Å². The fourth-order valence-electron chi connectivity index (χ4n) is 2.48. The second kappa shape index (κ2) is 7.53. The molecule has 0 aliphatic rings. The van der Waals surface area contributed by atoms with Crippen molar-refractivity contribution in [2.75, 3.05) is 13.4 Å². The minimum Gasteiger partial charge on any atom is -0.496 e. The van der Waals surface area contributed by atoms with E-state index in [1.54, 1.807) is 18.9 Å². The molecule has 0 saturated carbocycles. The van der Waals surface area contributed by atoms with Gasteiger partial charge in [0.15, 0.2) is 0 Å². The first-order chi connectivity index (χ1) is 10.2. The van der Waals surface area contributed by atoms with Gasteiger partial charge in [0.25, 0.3) is 0 Å². The smallest absolute Gasteiger partial charge is 0.123 e. The van der Waals surface area contributed by atoms with Crippen molar-refractivity contribution in [1.82, 2.24) is 5.32 Å². The zero-order valence-electron chi connectivity index (χ0n) is 13.1. The van der Waals surface area contributed by atoms with Crippen LogP contribution >= 0.6 is 11.8 Å². The standard InChI is InChI=1S/C18H23NOS/c1-13(15-9-11-16(21-4)12-10-15)19-14(2)17-7-5-6-8-18(17)20-3/h5-14,19H,1-4H3/t13?,14-/m0/s1. The van der Waals surface area contributed by atoms with Gasteiger partial charge in [-0.05, 0) is 43.9 Å². The lowest BCUT2D eigenvalue weighted by Crippen LogP contribution is -2.22. The lowest BCUT2D eigenvalue weighted by molar-refractivity contribution is 0.396. The fraction of sp³-hybridized carbons (Fsp3) is 0.333. The summed E-state index contributed by atoms with van der Waals surface area (Å²) in [5, 5.41) is 3.64. The maximum absolute atomic E-state index is 5.44. The molecule has 112 valence electrons. The zero-order valence-corrected chi connectivity index (χ0v) is 13.9. The van der Waals surface area contributed by atoms with Crippen molar-refractivity contribution in [3.8, 4) is 5.75 Å². The van der Waals surface area contributed by atoms with Gasteiger partial charge >= 0.3 is 0 Å². The van der Waals surface area contributed by atoms with E-state index in [1.807, 2.05) is 18.2 Å². The van der Waals surface area contributed by atoms with E-state index < -0.39 is 0 Å². The van der Waals surface area contributed by atoms with Crippen molar-refractivity contribution in [3.05, 3.63) is 59.7 Å². The predicted octanol–water partition coefficient (Wildman–Crippen LogP) is 4.83. The molecule has 2 aromatic rings. The molecule has 21 heavy (non-hydrogen) atoms. The molecule has 3 heteroatoms. The first-order valence-electron chi connectivity index (χ1n) is 7.18. The topological polar surface area (TPSA) is 21.3 Å². The number of thioether (sulfide) groups is 1. The molecule has 0 spiro atoms. The summed E-state index contributed by atoms with van der Waals surface area (Å²) in [7, 11) is 1.72. The minimum atomic E-state index is 0.233. The van der Waals surface area contributed by atoms with E-state index in [1.165, 1.54) is 16.0 Å². The summed E-state index contributed by atoms with van der Waals surface area (Å²) >= 11 is 1.77. The Hall–Kier alpha value is -1.45. The van der Waals surface area contributed by atoms with E-state index in [4.69, 9.17) is 4.74 Å². The first kappa shape index (κ1) is 15.9. The average Bonchev–Trinajstić information content (AvgIpc) is 2.54. The van der Waals surface area contributed by atoms with Gasteiger partial charge in [-0.3, -0.25) is 0 Å². The largest absolute Gasteiger partial charge is 0.496 e. The predicted molar refractivity (Wildman–Crippen MR) is 91.2 cm³/mol. The van der Waals surface area contributed by atoms with E-state index in [2.05, 4.69) is 55.8 Å². The molecular weight excluding hydrogens is 278 g/mol. The molecule has 2 nitrogen and oxygen atoms in total. The van der Waals surface area contributed by atoms with Crippen LogP contribution in [0.3, 0.4) is 0 Å². The Morgan fingerprint density at radius 3 is 2.24 bits per heavy atom.